The normalized spacial score (nSPS) is 11.2. The molecule has 4 N–H and O–H groups in total. The minimum Gasteiger partial charge on any atom is -0.495 e. The van der Waals surface area contributed by atoms with Crippen LogP contribution in [0.25, 0.3) is 11.3 Å². The molecule has 2 aromatic carbocycles. The van der Waals surface area contributed by atoms with Crippen LogP contribution in [-0.4, -0.2) is 31.6 Å². The largest absolute Gasteiger partial charge is 0.495 e. The van der Waals surface area contributed by atoms with Crippen LogP contribution in [-0.2, 0) is 16.6 Å². The van der Waals surface area contributed by atoms with E-state index in [4.69, 9.17) is 21.5 Å². The van der Waals surface area contributed by atoms with Crippen molar-refractivity contribution in [3.05, 3.63) is 64.8 Å². The number of methoxy groups -OCH3 is 1. The minimum atomic E-state index is -3.98. The first-order valence-corrected chi connectivity index (χ1v) is 10.00. The van der Waals surface area contributed by atoms with Gasteiger partial charge in [-0.3, -0.25) is 9.89 Å². The second-order valence-corrected chi connectivity index (χ2v) is 7.79. The Kier molecular flexibility index (Phi) is 5.68. The van der Waals surface area contributed by atoms with Gasteiger partial charge in [-0.05, 0) is 35.9 Å². The molecule has 1 aromatic heterocycles. The molecule has 3 rings (SSSR count). The molecule has 3 aromatic rings. The van der Waals surface area contributed by atoms with E-state index in [2.05, 4.69) is 15.5 Å². The molecule has 0 saturated carbocycles. The highest BCUT2D eigenvalue weighted by atomic mass is 35.5. The summed E-state index contributed by atoms with van der Waals surface area (Å²) in [5.74, 6) is -0.252. The van der Waals surface area contributed by atoms with Crippen LogP contribution in [0, 0.1) is 0 Å². The zero-order valence-corrected chi connectivity index (χ0v) is 16.3. The standard InChI is InChI=1S/C18H17ClN4O4S/c1-27-16-7-6-11(8-17(16)28(20,25)26)14-9-15(23-22-14)18(24)21-10-12-4-2-3-5-13(12)19/h2-9H,10H2,1H3,(H,21,24)(H,22,23)(H2,20,25,26). The van der Waals surface area contributed by atoms with Gasteiger partial charge in [0.2, 0.25) is 10.0 Å². The zero-order chi connectivity index (χ0) is 20.3. The molecule has 0 atom stereocenters. The second-order valence-electron chi connectivity index (χ2n) is 5.85. The first-order valence-electron chi connectivity index (χ1n) is 8.08. The Labute approximate surface area is 166 Å². The Morgan fingerprint density at radius 1 is 1.25 bits per heavy atom. The van der Waals surface area contributed by atoms with Gasteiger partial charge in [-0.25, -0.2) is 13.6 Å². The molecule has 1 amide bonds. The van der Waals surface area contributed by atoms with Crippen LogP contribution >= 0.6 is 11.6 Å². The number of aromatic nitrogens is 2. The van der Waals surface area contributed by atoms with Gasteiger partial charge in [-0.15, -0.1) is 0 Å². The molecule has 0 unspecified atom stereocenters. The van der Waals surface area contributed by atoms with Gasteiger partial charge in [0.15, 0.2) is 0 Å². The highest BCUT2D eigenvalue weighted by molar-refractivity contribution is 7.89. The van der Waals surface area contributed by atoms with Crippen molar-refractivity contribution in [2.24, 2.45) is 5.14 Å². The Bertz CT molecular complexity index is 1130. The van der Waals surface area contributed by atoms with E-state index in [-0.39, 0.29) is 28.8 Å². The lowest BCUT2D eigenvalue weighted by Crippen LogP contribution is -2.23. The molecule has 8 nitrogen and oxygen atoms in total. The lowest BCUT2D eigenvalue weighted by molar-refractivity contribution is 0.0946. The zero-order valence-electron chi connectivity index (χ0n) is 14.8. The fourth-order valence-corrected chi connectivity index (χ4v) is 3.48. The third-order valence-electron chi connectivity index (χ3n) is 3.99. The number of nitrogens with two attached hydrogens (primary N) is 1. The average molecular weight is 421 g/mol. The Morgan fingerprint density at radius 2 is 2.00 bits per heavy atom. The van der Waals surface area contributed by atoms with E-state index in [0.29, 0.717) is 16.3 Å². The maximum absolute atomic E-state index is 12.3. The highest BCUT2D eigenvalue weighted by Crippen LogP contribution is 2.28. The second kappa shape index (κ2) is 8.01. The third-order valence-corrected chi connectivity index (χ3v) is 5.29. The molecular weight excluding hydrogens is 404 g/mol. The first kappa shape index (κ1) is 19.9. The average Bonchev–Trinajstić information content (AvgIpc) is 3.16. The van der Waals surface area contributed by atoms with Gasteiger partial charge in [0.25, 0.3) is 5.91 Å². The van der Waals surface area contributed by atoms with E-state index >= 15 is 0 Å². The van der Waals surface area contributed by atoms with Gasteiger partial charge in [-0.2, -0.15) is 5.10 Å². The number of H-pyrrole nitrogens is 1. The molecular formula is C18H17ClN4O4S. The van der Waals surface area contributed by atoms with Gasteiger partial charge < -0.3 is 10.1 Å². The van der Waals surface area contributed by atoms with Crippen molar-refractivity contribution in [3.8, 4) is 17.0 Å². The molecule has 10 heteroatoms. The van der Waals surface area contributed by atoms with Crippen LogP contribution in [0.1, 0.15) is 16.1 Å². The fraction of sp³-hybridized carbons (Fsp3) is 0.111. The number of sulfonamides is 1. The van der Waals surface area contributed by atoms with Crippen LogP contribution in [0.5, 0.6) is 5.75 Å². The maximum Gasteiger partial charge on any atom is 0.269 e. The topological polar surface area (TPSA) is 127 Å². The van der Waals surface area contributed by atoms with Crippen molar-refractivity contribution in [1.82, 2.24) is 15.5 Å². The van der Waals surface area contributed by atoms with Crippen molar-refractivity contribution in [1.29, 1.82) is 0 Å². The molecule has 0 aliphatic rings. The van der Waals surface area contributed by atoms with E-state index in [1.165, 1.54) is 25.3 Å². The van der Waals surface area contributed by atoms with Crippen LogP contribution in [0.15, 0.2) is 53.4 Å². The Hall–Kier alpha value is -2.88. The third kappa shape index (κ3) is 4.33. The van der Waals surface area contributed by atoms with E-state index in [1.54, 1.807) is 18.2 Å². The summed E-state index contributed by atoms with van der Waals surface area (Å²) in [6, 6.07) is 13.1. The summed E-state index contributed by atoms with van der Waals surface area (Å²) in [5.41, 5.74) is 1.85. The predicted molar refractivity (Wildman–Crippen MR) is 105 cm³/mol. The number of amides is 1. The lowest BCUT2D eigenvalue weighted by Gasteiger charge is -2.07. The van der Waals surface area contributed by atoms with E-state index in [9.17, 15) is 13.2 Å². The van der Waals surface area contributed by atoms with Crippen molar-refractivity contribution >= 4 is 27.5 Å². The summed E-state index contributed by atoms with van der Waals surface area (Å²) >= 11 is 6.07. The Morgan fingerprint density at radius 3 is 2.68 bits per heavy atom. The maximum atomic E-state index is 12.3. The first-order chi connectivity index (χ1) is 13.3. The number of primary sulfonamides is 1. The monoisotopic (exact) mass is 420 g/mol. The molecule has 0 radical (unpaired) electrons. The molecule has 0 bridgehead atoms. The number of carbonyl (C=O) groups is 1. The lowest BCUT2D eigenvalue weighted by atomic mass is 10.1. The summed E-state index contributed by atoms with van der Waals surface area (Å²) in [5, 5.41) is 15.2. The van der Waals surface area contributed by atoms with Gasteiger partial charge in [0.1, 0.15) is 16.3 Å². The van der Waals surface area contributed by atoms with E-state index < -0.39 is 10.0 Å². The molecule has 0 fully saturated rings. The number of hydrogen-bond donors (Lipinski definition) is 3. The summed E-state index contributed by atoms with van der Waals surface area (Å²) in [6.45, 7) is 0.255. The fourth-order valence-electron chi connectivity index (χ4n) is 2.56. The molecule has 28 heavy (non-hydrogen) atoms. The number of halogens is 1. The SMILES string of the molecule is COc1ccc(-c2cc(C(=O)NCc3ccccc3Cl)[nH]n2)cc1S(N)(=O)=O. The number of nitrogens with one attached hydrogen (secondary N) is 2. The van der Waals surface area contributed by atoms with Crippen molar-refractivity contribution in [3.63, 3.8) is 0 Å². The van der Waals surface area contributed by atoms with Crippen LogP contribution in [0.3, 0.4) is 0 Å². The summed E-state index contributed by atoms with van der Waals surface area (Å²) in [6.07, 6.45) is 0. The number of aromatic amines is 1. The molecule has 0 saturated heterocycles. The smallest absolute Gasteiger partial charge is 0.269 e. The van der Waals surface area contributed by atoms with Gasteiger partial charge in [0, 0.05) is 17.1 Å². The molecule has 1 heterocycles. The number of nitrogens with zero attached hydrogens (tertiary/aromatic N) is 1. The Balaban J connectivity index is 1.80. The molecule has 0 aliphatic heterocycles. The number of benzene rings is 2. The van der Waals surface area contributed by atoms with Crippen LogP contribution in [0.4, 0.5) is 0 Å². The quantitative estimate of drug-likeness (QED) is 0.563. The number of ether oxygens (including phenoxy) is 1. The van der Waals surface area contributed by atoms with Crippen molar-refractivity contribution in [2.45, 2.75) is 11.4 Å². The molecule has 146 valence electrons. The summed E-state index contributed by atoms with van der Waals surface area (Å²) < 4.78 is 28.5. The summed E-state index contributed by atoms with van der Waals surface area (Å²) in [7, 11) is -2.64. The number of rotatable bonds is 6. The number of carbonyl (C=O) groups excluding carboxylic acids is 1. The summed E-state index contributed by atoms with van der Waals surface area (Å²) in [4.78, 5) is 12.2. The van der Waals surface area contributed by atoms with E-state index in [0.717, 1.165) is 5.56 Å². The van der Waals surface area contributed by atoms with Gasteiger partial charge in [-0.1, -0.05) is 29.8 Å². The van der Waals surface area contributed by atoms with Crippen LogP contribution < -0.4 is 15.2 Å². The molecule has 0 spiro atoms. The molecule has 0 aliphatic carbocycles. The predicted octanol–water partition coefficient (Wildman–Crippen LogP) is 2.32. The van der Waals surface area contributed by atoms with Crippen molar-refractivity contribution < 1.29 is 17.9 Å². The van der Waals surface area contributed by atoms with Crippen LogP contribution in [0.2, 0.25) is 5.02 Å². The minimum absolute atomic E-state index is 0.125. The van der Waals surface area contributed by atoms with E-state index in [1.807, 2.05) is 12.1 Å². The highest BCUT2D eigenvalue weighted by Gasteiger charge is 2.18. The van der Waals surface area contributed by atoms with Crippen molar-refractivity contribution in [2.75, 3.05) is 7.11 Å². The van der Waals surface area contributed by atoms with Gasteiger partial charge >= 0.3 is 0 Å². The number of hydrogen-bond acceptors (Lipinski definition) is 5. The van der Waals surface area contributed by atoms with Gasteiger partial charge in [0.05, 0.1) is 12.8 Å².